The van der Waals surface area contributed by atoms with Gasteiger partial charge in [0, 0.05) is 19.1 Å². The predicted octanol–water partition coefficient (Wildman–Crippen LogP) is 0.851. The van der Waals surface area contributed by atoms with Gasteiger partial charge in [0.25, 0.3) is 0 Å². The lowest BCUT2D eigenvalue weighted by molar-refractivity contribution is -0.0844. The minimum absolute atomic E-state index is 0.683. The SMILES string of the molecule is C1CC2(CCN1)CCC2N1CCOCC1. The van der Waals surface area contributed by atoms with Crippen LogP contribution in [0.5, 0.6) is 0 Å². The molecular weight excluding hydrogens is 188 g/mol. The number of hydrogen-bond donors (Lipinski definition) is 1. The zero-order chi connectivity index (χ0) is 10.1. The monoisotopic (exact) mass is 210 g/mol. The van der Waals surface area contributed by atoms with E-state index in [1.54, 1.807) is 0 Å². The topological polar surface area (TPSA) is 24.5 Å². The molecule has 3 rings (SSSR count). The van der Waals surface area contributed by atoms with Crippen LogP contribution in [0.25, 0.3) is 0 Å². The highest BCUT2D eigenvalue weighted by Gasteiger charge is 2.49. The van der Waals surface area contributed by atoms with E-state index in [0.29, 0.717) is 5.41 Å². The average Bonchev–Trinajstić information content (AvgIpc) is 2.30. The van der Waals surface area contributed by atoms with Crippen molar-refractivity contribution in [1.82, 2.24) is 10.2 Å². The summed E-state index contributed by atoms with van der Waals surface area (Å²) in [5.74, 6) is 0. The van der Waals surface area contributed by atoms with Gasteiger partial charge in [0.05, 0.1) is 13.2 Å². The van der Waals surface area contributed by atoms with Gasteiger partial charge in [-0.25, -0.2) is 0 Å². The van der Waals surface area contributed by atoms with Gasteiger partial charge in [-0.2, -0.15) is 0 Å². The third kappa shape index (κ3) is 1.71. The molecule has 0 radical (unpaired) electrons. The minimum atomic E-state index is 0.683. The Morgan fingerprint density at radius 2 is 1.80 bits per heavy atom. The largest absolute Gasteiger partial charge is 0.379 e. The third-order valence-corrected chi connectivity index (χ3v) is 4.71. The molecule has 3 heteroatoms. The fraction of sp³-hybridized carbons (Fsp3) is 1.00. The first kappa shape index (κ1) is 10.1. The van der Waals surface area contributed by atoms with Gasteiger partial charge in [-0.05, 0) is 44.2 Å². The molecule has 1 aliphatic carbocycles. The molecule has 0 aromatic rings. The smallest absolute Gasteiger partial charge is 0.0594 e. The normalized spacial score (nSPS) is 36.4. The number of rotatable bonds is 1. The van der Waals surface area contributed by atoms with Crippen LogP contribution >= 0.6 is 0 Å². The second kappa shape index (κ2) is 4.04. The molecule has 1 spiro atoms. The van der Waals surface area contributed by atoms with Crippen LogP contribution in [0.4, 0.5) is 0 Å². The highest BCUT2D eigenvalue weighted by atomic mass is 16.5. The van der Waals surface area contributed by atoms with E-state index in [1.807, 2.05) is 0 Å². The molecule has 2 aliphatic heterocycles. The van der Waals surface area contributed by atoms with Crippen molar-refractivity contribution in [3.8, 4) is 0 Å². The molecule has 3 aliphatic rings. The predicted molar refractivity (Wildman–Crippen MR) is 60.0 cm³/mol. The molecule has 86 valence electrons. The maximum Gasteiger partial charge on any atom is 0.0594 e. The van der Waals surface area contributed by atoms with E-state index in [0.717, 1.165) is 19.3 Å². The highest BCUT2D eigenvalue weighted by Crippen LogP contribution is 2.50. The van der Waals surface area contributed by atoms with Gasteiger partial charge in [0.2, 0.25) is 0 Å². The van der Waals surface area contributed by atoms with Crippen molar-refractivity contribution in [3.63, 3.8) is 0 Å². The Morgan fingerprint density at radius 1 is 1.07 bits per heavy atom. The summed E-state index contributed by atoms with van der Waals surface area (Å²) >= 11 is 0. The van der Waals surface area contributed by atoms with E-state index in [9.17, 15) is 0 Å². The van der Waals surface area contributed by atoms with Crippen LogP contribution < -0.4 is 5.32 Å². The van der Waals surface area contributed by atoms with Crippen LogP contribution in [0.15, 0.2) is 0 Å². The standard InChI is InChI=1S/C12H22N2O/c1-2-12(3-5-13-6-4-12)11(1)14-7-9-15-10-8-14/h11,13H,1-10H2. The first-order valence-electron chi connectivity index (χ1n) is 6.43. The van der Waals surface area contributed by atoms with Crippen LogP contribution in [0, 0.1) is 5.41 Å². The summed E-state index contributed by atoms with van der Waals surface area (Å²) in [5, 5.41) is 3.49. The van der Waals surface area contributed by atoms with Crippen LogP contribution in [0.3, 0.4) is 0 Å². The van der Waals surface area contributed by atoms with Crippen molar-refractivity contribution in [2.24, 2.45) is 5.41 Å². The first-order chi connectivity index (χ1) is 7.41. The van der Waals surface area contributed by atoms with E-state index >= 15 is 0 Å². The fourth-order valence-corrected chi connectivity index (χ4v) is 3.65. The van der Waals surface area contributed by atoms with Crippen molar-refractivity contribution >= 4 is 0 Å². The van der Waals surface area contributed by atoms with Crippen molar-refractivity contribution in [2.45, 2.75) is 31.7 Å². The van der Waals surface area contributed by atoms with Gasteiger partial charge in [-0.3, -0.25) is 4.90 Å². The molecule has 3 fully saturated rings. The van der Waals surface area contributed by atoms with Crippen LogP contribution in [-0.2, 0) is 4.74 Å². The molecule has 2 heterocycles. The second-order valence-electron chi connectivity index (χ2n) is 5.32. The Bertz CT molecular complexity index is 220. The molecule has 0 aromatic carbocycles. The molecule has 1 N–H and O–H groups in total. The molecule has 0 amide bonds. The van der Waals surface area contributed by atoms with Gasteiger partial charge in [-0.1, -0.05) is 0 Å². The lowest BCUT2D eigenvalue weighted by atomic mass is 9.59. The van der Waals surface area contributed by atoms with E-state index in [4.69, 9.17) is 4.74 Å². The minimum Gasteiger partial charge on any atom is -0.379 e. The maximum absolute atomic E-state index is 5.44. The fourth-order valence-electron chi connectivity index (χ4n) is 3.65. The molecule has 1 saturated carbocycles. The Morgan fingerprint density at radius 3 is 2.40 bits per heavy atom. The van der Waals surface area contributed by atoms with Crippen molar-refractivity contribution in [3.05, 3.63) is 0 Å². The quantitative estimate of drug-likeness (QED) is 0.694. The highest BCUT2D eigenvalue weighted by molar-refractivity contribution is 5.03. The Kier molecular flexibility index (Phi) is 2.71. The Balaban J connectivity index is 1.65. The van der Waals surface area contributed by atoms with E-state index in [1.165, 1.54) is 51.9 Å². The van der Waals surface area contributed by atoms with Crippen LogP contribution in [0.1, 0.15) is 25.7 Å². The van der Waals surface area contributed by atoms with Gasteiger partial charge < -0.3 is 10.1 Å². The summed E-state index contributed by atoms with van der Waals surface area (Å²) in [5.41, 5.74) is 0.683. The first-order valence-corrected chi connectivity index (χ1v) is 6.43. The lowest BCUT2D eigenvalue weighted by Crippen LogP contribution is -2.60. The van der Waals surface area contributed by atoms with Gasteiger partial charge in [0.1, 0.15) is 0 Å². The molecule has 15 heavy (non-hydrogen) atoms. The molecule has 3 nitrogen and oxygen atoms in total. The summed E-state index contributed by atoms with van der Waals surface area (Å²) in [7, 11) is 0. The molecule has 1 atom stereocenters. The number of hydrogen-bond acceptors (Lipinski definition) is 3. The molecule has 0 bridgehead atoms. The van der Waals surface area contributed by atoms with E-state index < -0.39 is 0 Å². The number of morpholine rings is 1. The number of ether oxygens (including phenoxy) is 1. The summed E-state index contributed by atoms with van der Waals surface area (Å²) in [4.78, 5) is 2.69. The summed E-state index contributed by atoms with van der Waals surface area (Å²) in [6, 6.07) is 0.878. The lowest BCUT2D eigenvalue weighted by Gasteiger charge is -2.57. The molecular formula is C12H22N2O. The van der Waals surface area contributed by atoms with Crippen molar-refractivity contribution in [1.29, 1.82) is 0 Å². The zero-order valence-corrected chi connectivity index (χ0v) is 9.50. The number of nitrogens with one attached hydrogen (secondary N) is 1. The van der Waals surface area contributed by atoms with Gasteiger partial charge in [-0.15, -0.1) is 0 Å². The summed E-state index contributed by atoms with van der Waals surface area (Å²) in [6.45, 7) is 6.71. The Labute approximate surface area is 92.2 Å². The van der Waals surface area contributed by atoms with Crippen LogP contribution in [-0.4, -0.2) is 50.3 Å². The average molecular weight is 210 g/mol. The summed E-state index contributed by atoms with van der Waals surface area (Å²) in [6.07, 6.45) is 5.70. The molecule has 1 unspecified atom stereocenters. The maximum atomic E-state index is 5.44. The van der Waals surface area contributed by atoms with E-state index in [-0.39, 0.29) is 0 Å². The van der Waals surface area contributed by atoms with Crippen LogP contribution in [0.2, 0.25) is 0 Å². The van der Waals surface area contributed by atoms with Crippen molar-refractivity contribution < 1.29 is 4.74 Å². The zero-order valence-electron chi connectivity index (χ0n) is 9.50. The van der Waals surface area contributed by atoms with Gasteiger partial charge >= 0.3 is 0 Å². The number of piperidine rings is 1. The van der Waals surface area contributed by atoms with E-state index in [2.05, 4.69) is 10.2 Å². The van der Waals surface area contributed by atoms with Crippen molar-refractivity contribution in [2.75, 3.05) is 39.4 Å². The van der Waals surface area contributed by atoms with Gasteiger partial charge in [0.15, 0.2) is 0 Å². The third-order valence-electron chi connectivity index (χ3n) is 4.71. The molecule has 2 saturated heterocycles. The number of nitrogens with zero attached hydrogens (tertiary/aromatic N) is 1. The summed E-state index contributed by atoms with van der Waals surface area (Å²) < 4.78 is 5.44. The Hall–Kier alpha value is -0.120. The molecule has 0 aromatic heterocycles. The second-order valence-corrected chi connectivity index (χ2v) is 5.32.